The average molecular weight is 596 g/mol. The van der Waals surface area contributed by atoms with Gasteiger partial charge in [0, 0.05) is 54.3 Å². The van der Waals surface area contributed by atoms with Gasteiger partial charge in [0.2, 0.25) is 0 Å². The fourth-order valence-electron chi connectivity index (χ4n) is 5.70. The molecule has 0 radical (unpaired) electrons. The van der Waals surface area contributed by atoms with Gasteiger partial charge in [-0.05, 0) is 42.0 Å². The first kappa shape index (κ1) is 28.5. The monoisotopic (exact) mass is 595 g/mol. The van der Waals surface area contributed by atoms with Gasteiger partial charge in [0.1, 0.15) is 5.54 Å². The van der Waals surface area contributed by atoms with Crippen LogP contribution < -0.4 is 10.1 Å². The number of rotatable bonds is 6. The van der Waals surface area contributed by atoms with Crippen LogP contribution in [0.1, 0.15) is 33.0 Å². The summed E-state index contributed by atoms with van der Waals surface area (Å²) in [6, 6.07) is 16.6. The second-order valence-electron chi connectivity index (χ2n) is 9.97. The summed E-state index contributed by atoms with van der Waals surface area (Å²) in [5, 5.41) is 39.6. The summed E-state index contributed by atoms with van der Waals surface area (Å²) in [5.41, 5.74) is 0.00559. The Balaban J connectivity index is 1.58. The first-order valence-electron chi connectivity index (χ1n) is 12.4. The van der Waals surface area contributed by atoms with Crippen molar-refractivity contribution in [1.82, 2.24) is 9.80 Å². The summed E-state index contributed by atoms with van der Waals surface area (Å²) in [6.07, 6.45) is 0. The van der Waals surface area contributed by atoms with Gasteiger partial charge in [0.25, 0.3) is 5.91 Å². The molecule has 0 aliphatic carbocycles. The predicted molar refractivity (Wildman–Crippen MR) is 148 cm³/mol. The number of benzene rings is 3. The molecule has 210 valence electrons. The quantitative estimate of drug-likeness (QED) is 0.289. The largest absolute Gasteiger partial charge is 0.595 e. The van der Waals surface area contributed by atoms with Crippen LogP contribution in [0.2, 0.25) is 10.0 Å². The highest BCUT2D eigenvalue weighted by Gasteiger charge is 2.64. The Bertz CT molecular complexity index is 1590. The summed E-state index contributed by atoms with van der Waals surface area (Å²) >= 11 is 12.4. The van der Waals surface area contributed by atoms with Gasteiger partial charge < -0.3 is 15.2 Å². The summed E-state index contributed by atoms with van der Waals surface area (Å²) in [4.78, 5) is 43.7. The van der Waals surface area contributed by atoms with E-state index in [1.807, 2.05) is 4.90 Å². The Morgan fingerprint density at radius 3 is 2.37 bits per heavy atom. The van der Waals surface area contributed by atoms with Crippen molar-refractivity contribution in [2.75, 3.05) is 25.0 Å². The molecule has 0 saturated carbocycles. The number of anilines is 1. The van der Waals surface area contributed by atoms with E-state index in [-0.39, 0.29) is 46.6 Å². The second-order valence-corrected chi connectivity index (χ2v) is 10.8. The van der Waals surface area contributed by atoms with Gasteiger partial charge in [-0.3, -0.25) is 9.69 Å². The number of nitrogens with zero attached hydrogens (tertiary/aromatic N) is 4. The molecule has 3 aromatic rings. The van der Waals surface area contributed by atoms with E-state index in [0.717, 1.165) is 11.0 Å². The van der Waals surface area contributed by atoms with Crippen LogP contribution in [0.15, 0.2) is 60.7 Å². The van der Waals surface area contributed by atoms with Crippen LogP contribution in [-0.4, -0.2) is 63.7 Å². The molecule has 2 saturated heterocycles. The van der Waals surface area contributed by atoms with Crippen molar-refractivity contribution in [1.29, 1.82) is 5.26 Å². The predicted octanol–water partition coefficient (Wildman–Crippen LogP) is 3.40. The van der Waals surface area contributed by atoms with Crippen molar-refractivity contribution < 1.29 is 29.9 Å². The van der Waals surface area contributed by atoms with Crippen LogP contribution in [0.5, 0.6) is 0 Å². The Kier molecular flexibility index (Phi) is 7.48. The summed E-state index contributed by atoms with van der Waals surface area (Å²) in [6.45, 7) is 0.400. The Morgan fingerprint density at radius 2 is 1.78 bits per heavy atom. The minimum absolute atomic E-state index is 0.0588. The number of halogens is 2. The van der Waals surface area contributed by atoms with E-state index in [0.29, 0.717) is 16.7 Å². The number of carboxylic acids is 1. The van der Waals surface area contributed by atoms with Gasteiger partial charge in [0.05, 0.1) is 22.9 Å². The van der Waals surface area contributed by atoms with Crippen molar-refractivity contribution in [2.24, 2.45) is 0 Å². The van der Waals surface area contributed by atoms with Gasteiger partial charge in [-0.1, -0.05) is 41.4 Å². The lowest BCUT2D eigenvalue weighted by Crippen LogP contribution is -2.99. The maximum Gasteiger partial charge on any atom is 0.335 e. The SMILES string of the molecule is CN1C(=O)N(c2cc(Cl)cc(Cl)c2)C(=O)[C@]12CN(Cc1ccc(C(=O)O)cc1[NH+]([O-])O)C[C@H]2c1ccc(C#N)cc1. The zero-order chi connectivity index (χ0) is 29.6. The van der Waals surface area contributed by atoms with E-state index in [2.05, 4.69) is 6.07 Å². The van der Waals surface area contributed by atoms with Crippen molar-refractivity contribution in [2.45, 2.75) is 18.0 Å². The third-order valence-electron chi connectivity index (χ3n) is 7.66. The van der Waals surface area contributed by atoms with Gasteiger partial charge >= 0.3 is 12.0 Å². The molecule has 2 fully saturated rings. The highest BCUT2D eigenvalue weighted by molar-refractivity contribution is 6.35. The summed E-state index contributed by atoms with van der Waals surface area (Å²) in [7, 11) is 1.54. The smallest absolute Gasteiger partial charge is 0.335 e. The molecule has 3 N–H and O–H groups in total. The topological polar surface area (TPSA) is 153 Å². The molecule has 11 nitrogen and oxygen atoms in total. The van der Waals surface area contributed by atoms with Crippen molar-refractivity contribution in [3.8, 4) is 6.07 Å². The van der Waals surface area contributed by atoms with Crippen molar-refractivity contribution in [3.05, 3.63) is 98.2 Å². The number of aromatic carboxylic acids is 1. The van der Waals surface area contributed by atoms with Gasteiger partial charge in [0.15, 0.2) is 5.69 Å². The zero-order valence-corrected chi connectivity index (χ0v) is 23.1. The lowest BCUT2D eigenvalue weighted by atomic mass is 9.80. The molecule has 2 aliphatic rings. The molecular formula is C28H23Cl2N5O6. The number of urea groups is 1. The van der Waals surface area contributed by atoms with Crippen LogP contribution in [0, 0.1) is 16.5 Å². The number of hydrogen-bond donors (Lipinski definition) is 3. The summed E-state index contributed by atoms with van der Waals surface area (Å²) in [5.74, 6) is -2.30. The molecule has 3 amide bonds. The molecule has 3 aromatic carbocycles. The van der Waals surface area contributed by atoms with Crippen molar-refractivity contribution in [3.63, 3.8) is 0 Å². The maximum absolute atomic E-state index is 14.3. The van der Waals surface area contributed by atoms with E-state index >= 15 is 0 Å². The van der Waals surface area contributed by atoms with Crippen LogP contribution in [0.3, 0.4) is 0 Å². The van der Waals surface area contributed by atoms with E-state index in [9.17, 15) is 35.2 Å². The third kappa shape index (κ3) is 4.91. The zero-order valence-electron chi connectivity index (χ0n) is 21.5. The van der Waals surface area contributed by atoms with E-state index in [4.69, 9.17) is 23.2 Å². The number of amides is 3. The maximum atomic E-state index is 14.3. The Hall–Kier alpha value is -4.02. The minimum atomic E-state index is -1.38. The molecule has 5 rings (SSSR count). The molecule has 1 unspecified atom stereocenters. The second kappa shape index (κ2) is 10.8. The minimum Gasteiger partial charge on any atom is -0.595 e. The van der Waals surface area contributed by atoms with Gasteiger partial charge in [-0.25, -0.2) is 19.7 Å². The van der Waals surface area contributed by atoms with Crippen LogP contribution in [-0.2, 0) is 11.3 Å². The molecule has 41 heavy (non-hydrogen) atoms. The number of likely N-dealkylation sites (tertiary alicyclic amines) is 1. The fraction of sp³-hybridized carbons (Fsp3) is 0.214. The van der Waals surface area contributed by atoms with E-state index in [1.165, 1.54) is 42.3 Å². The van der Waals surface area contributed by atoms with Crippen LogP contribution in [0.25, 0.3) is 0 Å². The van der Waals surface area contributed by atoms with Gasteiger partial charge in [-0.2, -0.15) is 10.5 Å². The fourth-order valence-corrected chi connectivity index (χ4v) is 6.22. The van der Waals surface area contributed by atoms with Crippen LogP contribution >= 0.6 is 23.2 Å². The number of carbonyl (C=O) groups excluding carboxylic acids is 2. The van der Waals surface area contributed by atoms with E-state index < -0.39 is 34.6 Å². The van der Waals surface area contributed by atoms with Crippen molar-refractivity contribution >= 4 is 52.5 Å². The normalized spacial score (nSPS) is 21.5. The molecule has 0 bridgehead atoms. The highest BCUT2D eigenvalue weighted by atomic mass is 35.5. The first-order chi connectivity index (χ1) is 19.5. The van der Waals surface area contributed by atoms with Crippen LogP contribution in [0.4, 0.5) is 16.2 Å². The first-order valence-corrected chi connectivity index (χ1v) is 13.1. The molecule has 2 heterocycles. The molecule has 3 atom stereocenters. The number of likely N-dealkylation sites (N-methyl/N-ethyl adjacent to an activating group) is 1. The Labute approximate surface area is 244 Å². The van der Waals surface area contributed by atoms with E-state index in [1.54, 1.807) is 24.3 Å². The summed E-state index contributed by atoms with van der Waals surface area (Å²) < 4.78 is 0. The highest BCUT2D eigenvalue weighted by Crippen LogP contribution is 2.47. The average Bonchev–Trinajstić information content (AvgIpc) is 3.39. The number of imide groups is 1. The number of hydrogen-bond acceptors (Lipinski definition) is 7. The molecule has 2 aliphatic heterocycles. The third-order valence-corrected chi connectivity index (χ3v) is 8.10. The molecule has 13 heteroatoms. The number of nitriles is 1. The number of carboxylic acid groups (broad SMARTS) is 1. The molecule has 0 aromatic heterocycles. The lowest BCUT2D eigenvalue weighted by Gasteiger charge is -2.34. The molecular weight excluding hydrogens is 573 g/mol. The standard InChI is InChI=1S/C28H23Cl2N5O6/c1-32-27(39)34(22-10-20(29)9-21(30)11-22)26(38)28(32)15-33(14-23(28)17-4-2-16(12-31)3-5-17)13-19-7-6-18(25(36)37)8-24(19)35(40)41/h2-11,23,35,40H,13-15H2,1H3,(H,36,37)/t23-,28+/m0/s1. The lowest BCUT2D eigenvalue weighted by molar-refractivity contribution is -0.991. The number of quaternary nitrogens is 1. The Morgan fingerprint density at radius 1 is 1.12 bits per heavy atom. The number of nitrogens with one attached hydrogen (secondary N) is 1. The molecule has 1 spiro atoms. The van der Waals surface area contributed by atoms with Gasteiger partial charge in [-0.15, -0.1) is 0 Å². The number of carbonyl (C=O) groups is 3.